The molecule has 2 nitrogen and oxygen atoms in total. The Bertz CT molecular complexity index is 601. The Balaban J connectivity index is 2.08. The van der Waals surface area contributed by atoms with E-state index in [1.165, 1.54) is 4.88 Å². The topological polar surface area (TPSA) is 38.0 Å². The Morgan fingerprint density at radius 3 is 2.65 bits per heavy atom. The largest absolute Gasteiger partial charge is 0.389 e. The molecule has 0 aliphatic rings. The number of benzene rings is 1. The van der Waals surface area contributed by atoms with Crippen LogP contribution in [0.2, 0.25) is 0 Å². The third-order valence-corrected chi connectivity index (χ3v) is 4.87. The van der Waals surface area contributed by atoms with Gasteiger partial charge in [0.25, 0.3) is 0 Å². The normalized spacial score (nSPS) is 11.3. The average molecular weight is 304 g/mol. The molecule has 0 aliphatic carbocycles. The second-order valence-corrected chi connectivity index (χ2v) is 7.00. The molecule has 0 saturated heterocycles. The van der Waals surface area contributed by atoms with E-state index in [2.05, 4.69) is 42.7 Å². The van der Waals surface area contributed by atoms with Gasteiger partial charge in [0.15, 0.2) is 0 Å². The number of rotatable bonds is 5. The van der Waals surface area contributed by atoms with Gasteiger partial charge in [0.1, 0.15) is 4.99 Å². The highest BCUT2D eigenvalue weighted by Gasteiger charge is 2.21. The second-order valence-electron chi connectivity index (χ2n) is 5.61. The van der Waals surface area contributed by atoms with Crippen molar-refractivity contribution in [3.8, 4) is 0 Å². The van der Waals surface area contributed by atoms with Gasteiger partial charge in [-0.1, -0.05) is 32.1 Å². The Morgan fingerprint density at radius 2 is 2.10 bits per heavy atom. The summed E-state index contributed by atoms with van der Waals surface area (Å²) in [5.41, 5.74) is 8.96. The van der Waals surface area contributed by atoms with Gasteiger partial charge >= 0.3 is 0 Å². The average Bonchev–Trinajstić information content (AvgIpc) is 2.90. The minimum Gasteiger partial charge on any atom is -0.389 e. The highest BCUT2D eigenvalue weighted by Crippen LogP contribution is 2.28. The van der Waals surface area contributed by atoms with Crippen LogP contribution in [-0.4, -0.2) is 11.5 Å². The lowest BCUT2D eigenvalue weighted by molar-refractivity contribution is 0.569. The Morgan fingerprint density at radius 1 is 1.35 bits per heavy atom. The maximum absolute atomic E-state index is 5.68. The highest BCUT2D eigenvalue weighted by molar-refractivity contribution is 7.80. The molecule has 0 saturated carbocycles. The van der Waals surface area contributed by atoms with Crippen molar-refractivity contribution in [3.63, 3.8) is 0 Å². The predicted molar refractivity (Wildman–Crippen MR) is 92.9 cm³/mol. The van der Waals surface area contributed by atoms with Crippen LogP contribution in [0.25, 0.3) is 0 Å². The van der Waals surface area contributed by atoms with Crippen LogP contribution in [0.4, 0.5) is 5.69 Å². The van der Waals surface area contributed by atoms with Gasteiger partial charge in [0.05, 0.1) is 0 Å². The maximum atomic E-state index is 5.68. The van der Waals surface area contributed by atoms with Crippen LogP contribution >= 0.6 is 23.6 Å². The van der Waals surface area contributed by atoms with Crippen molar-refractivity contribution < 1.29 is 0 Å². The molecule has 0 amide bonds. The molecule has 4 heteroatoms. The predicted octanol–water partition coefficient (Wildman–Crippen LogP) is 4.08. The summed E-state index contributed by atoms with van der Waals surface area (Å²) in [4.78, 5) is 1.84. The van der Waals surface area contributed by atoms with Crippen molar-refractivity contribution in [1.82, 2.24) is 0 Å². The molecule has 1 aromatic heterocycles. The SMILES string of the molecule is Cc1cc(NCC(C)(C)c2cccs2)ccc1C(N)=S. The molecule has 2 aromatic rings. The molecule has 1 aromatic carbocycles. The van der Waals surface area contributed by atoms with Crippen LogP contribution in [-0.2, 0) is 5.41 Å². The minimum absolute atomic E-state index is 0.115. The molecular formula is C16H20N2S2. The summed E-state index contributed by atoms with van der Waals surface area (Å²) in [6.07, 6.45) is 0. The van der Waals surface area contributed by atoms with Gasteiger partial charge in [-0.05, 0) is 42.1 Å². The lowest BCUT2D eigenvalue weighted by Gasteiger charge is -2.24. The van der Waals surface area contributed by atoms with E-state index in [0.717, 1.165) is 23.4 Å². The first-order chi connectivity index (χ1) is 9.40. The molecule has 0 unspecified atom stereocenters. The van der Waals surface area contributed by atoms with Crippen LogP contribution in [0.3, 0.4) is 0 Å². The van der Waals surface area contributed by atoms with Crippen molar-refractivity contribution in [2.24, 2.45) is 5.73 Å². The number of anilines is 1. The number of thiocarbonyl (C=S) groups is 1. The fourth-order valence-electron chi connectivity index (χ4n) is 2.12. The molecule has 20 heavy (non-hydrogen) atoms. The van der Waals surface area contributed by atoms with Gasteiger partial charge in [-0.3, -0.25) is 0 Å². The molecule has 0 bridgehead atoms. The van der Waals surface area contributed by atoms with E-state index >= 15 is 0 Å². The quantitative estimate of drug-likeness (QED) is 0.817. The zero-order valence-corrected chi connectivity index (χ0v) is 13.7. The van der Waals surface area contributed by atoms with Crippen molar-refractivity contribution in [2.45, 2.75) is 26.2 Å². The summed E-state index contributed by atoms with van der Waals surface area (Å²) >= 11 is 6.83. The van der Waals surface area contributed by atoms with Crippen LogP contribution in [0.1, 0.15) is 29.9 Å². The minimum atomic E-state index is 0.115. The molecule has 106 valence electrons. The number of hydrogen-bond acceptors (Lipinski definition) is 3. The fraction of sp³-hybridized carbons (Fsp3) is 0.312. The number of aryl methyl sites for hydroxylation is 1. The van der Waals surface area contributed by atoms with Crippen molar-refractivity contribution >= 4 is 34.2 Å². The van der Waals surface area contributed by atoms with Crippen molar-refractivity contribution in [2.75, 3.05) is 11.9 Å². The zero-order valence-electron chi connectivity index (χ0n) is 12.1. The van der Waals surface area contributed by atoms with E-state index in [1.807, 2.05) is 19.1 Å². The first kappa shape index (κ1) is 15.0. The molecule has 0 spiro atoms. The lowest BCUT2D eigenvalue weighted by atomic mass is 9.91. The molecule has 0 atom stereocenters. The van der Waals surface area contributed by atoms with Gasteiger partial charge in [-0.25, -0.2) is 0 Å². The van der Waals surface area contributed by atoms with Gasteiger partial charge in [0, 0.05) is 28.1 Å². The number of hydrogen-bond donors (Lipinski definition) is 2. The lowest BCUT2D eigenvalue weighted by Crippen LogP contribution is -2.26. The third kappa shape index (κ3) is 3.38. The second kappa shape index (κ2) is 5.94. The number of thiophene rings is 1. The number of nitrogens with one attached hydrogen (secondary N) is 1. The van der Waals surface area contributed by atoms with E-state index < -0.39 is 0 Å². The van der Waals surface area contributed by atoms with E-state index in [9.17, 15) is 0 Å². The molecule has 1 heterocycles. The standard InChI is InChI=1S/C16H20N2S2/c1-11-9-12(6-7-13(11)15(17)19)18-10-16(2,3)14-5-4-8-20-14/h4-9,18H,10H2,1-3H3,(H2,17,19). The van der Waals surface area contributed by atoms with Crippen LogP contribution in [0.5, 0.6) is 0 Å². The molecule has 0 radical (unpaired) electrons. The zero-order chi connectivity index (χ0) is 14.8. The summed E-state index contributed by atoms with van der Waals surface area (Å²) in [6.45, 7) is 7.42. The van der Waals surface area contributed by atoms with Crippen LogP contribution in [0, 0.1) is 6.92 Å². The monoisotopic (exact) mass is 304 g/mol. The van der Waals surface area contributed by atoms with E-state index in [1.54, 1.807) is 11.3 Å². The highest BCUT2D eigenvalue weighted by atomic mass is 32.1. The third-order valence-electron chi connectivity index (χ3n) is 3.41. The van der Waals surface area contributed by atoms with Gasteiger partial charge in [0.2, 0.25) is 0 Å². The summed E-state index contributed by atoms with van der Waals surface area (Å²) in [7, 11) is 0. The van der Waals surface area contributed by atoms with Crippen molar-refractivity contribution in [3.05, 3.63) is 51.7 Å². The molecule has 0 aliphatic heterocycles. The van der Waals surface area contributed by atoms with Gasteiger partial charge < -0.3 is 11.1 Å². The number of nitrogens with two attached hydrogens (primary N) is 1. The van der Waals surface area contributed by atoms with Crippen LogP contribution in [0.15, 0.2) is 35.7 Å². The fourth-order valence-corrected chi connectivity index (χ4v) is 3.21. The molecule has 2 rings (SSSR count). The molecular weight excluding hydrogens is 284 g/mol. The summed E-state index contributed by atoms with van der Waals surface area (Å²) in [5, 5.41) is 5.63. The summed E-state index contributed by atoms with van der Waals surface area (Å²) < 4.78 is 0. The Labute approximate surface area is 130 Å². The summed E-state index contributed by atoms with van der Waals surface area (Å²) in [6, 6.07) is 10.4. The van der Waals surface area contributed by atoms with E-state index in [0.29, 0.717) is 4.99 Å². The Kier molecular flexibility index (Phi) is 4.45. The summed E-state index contributed by atoms with van der Waals surface area (Å²) in [5.74, 6) is 0. The van der Waals surface area contributed by atoms with Gasteiger partial charge in [-0.2, -0.15) is 0 Å². The molecule has 0 fully saturated rings. The smallest absolute Gasteiger partial charge is 0.104 e. The maximum Gasteiger partial charge on any atom is 0.104 e. The van der Waals surface area contributed by atoms with Crippen LogP contribution < -0.4 is 11.1 Å². The van der Waals surface area contributed by atoms with E-state index in [-0.39, 0.29) is 5.41 Å². The van der Waals surface area contributed by atoms with Crippen molar-refractivity contribution in [1.29, 1.82) is 0 Å². The van der Waals surface area contributed by atoms with E-state index in [4.69, 9.17) is 18.0 Å². The Hall–Kier alpha value is -1.39. The molecule has 3 N–H and O–H groups in total. The van der Waals surface area contributed by atoms with Gasteiger partial charge in [-0.15, -0.1) is 11.3 Å². The first-order valence-corrected chi connectivity index (χ1v) is 7.87. The first-order valence-electron chi connectivity index (χ1n) is 6.58.